The number of nitrogens with one attached hydrogen (secondary N) is 1. The van der Waals surface area contributed by atoms with Gasteiger partial charge in [-0.2, -0.15) is 0 Å². The topological polar surface area (TPSA) is 32.3 Å². The summed E-state index contributed by atoms with van der Waals surface area (Å²) in [6.07, 6.45) is 8.33. The molecule has 1 N–H and O–H groups in total. The molecule has 2 aromatic rings. The first-order valence-electron chi connectivity index (χ1n) is 11.4. The Hall–Kier alpha value is -2.13. The van der Waals surface area contributed by atoms with Crippen LogP contribution in [0, 0.1) is 0 Å². The molecule has 0 radical (unpaired) electrons. The number of rotatable bonds is 10. The molecule has 0 aromatic heterocycles. The monoisotopic (exact) mass is 392 g/mol. The SMILES string of the molecule is CCCCCc1ccc(C(=O)NCCc2ccc(C(C)N3CCCC3)cc2)cc1. The molecule has 29 heavy (non-hydrogen) atoms. The summed E-state index contributed by atoms with van der Waals surface area (Å²) in [5.41, 5.74) is 4.73. The van der Waals surface area contributed by atoms with Gasteiger partial charge in [0.2, 0.25) is 0 Å². The molecule has 0 aliphatic carbocycles. The largest absolute Gasteiger partial charge is 0.352 e. The van der Waals surface area contributed by atoms with Crippen LogP contribution in [0.2, 0.25) is 0 Å². The highest BCUT2D eigenvalue weighted by molar-refractivity contribution is 5.94. The maximum absolute atomic E-state index is 12.4. The Morgan fingerprint density at radius 1 is 0.931 bits per heavy atom. The van der Waals surface area contributed by atoms with Crippen LogP contribution in [0.4, 0.5) is 0 Å². The van der Waals surface area contributed by atoms with E-state index in [1.165, 1.54) is 61.9 Å². The second-order valence-electron chi connectivity index (χ2n) is 8.32. The lowest BCUT2D eigenvalue weighted by atomic mass is 10.0. The van der Waals surface area contributed by atoms with E-state index in [0.717, 1.165) is 18.4 Å². The number of carbonyl (C=O) groups is 1. The minimum Gasteiger partial charge on any atom is -0.352 e. The summed E-state index contributed by atoms with van der Waals surface area (Å²) < 4.78 is 0. The molecule has 3 rings (SSSR count). The molecule has 0 saturated carbocycles. The van der Waals surface area contributed by atoms with Gasteiger partial charge in [-0.1, -0.05) is 56.2 Å². The van der Waals surface area contributed by atoms with Crippen LogP contribution < -0.4 is 5.32 Å². The Bertz CT molecular complexity index is 745. The summed E-state index contributed by atoms with van der Waals surface area (Å²) in [6, 6.07) is 17.5. The number of carbonyl (C=O) groups excluding carboxylic acids is 1. The van der Waals surface area contributed by atoms with Gasteiger partial charge >= 0.3 is 0 Å². The molecule has 2 aromatic carbocycles. The van der Waals surface area contributed by atoms with Crippen LogP contribution in [0.25, 0.3) is 0 Å². The van der Waals surface area contributed by atoms with Crippen molar-refractivity contribution in [2.24, 2.45) is 0 Å². The van der Waals surface area contributed by atoms with E-state index >= 15 is 0 Å². The fourth-order valence-electron chi connectivity index (χ4n) is 4.13. The van der Waals surface area contributed by atoms with Gasteiger partial charge in [0.15, 0.2) is 0 Å². The second-order valence-corrected chi connectivity index (χ2v) is 8.32. The van der Waals surface area contributed by atoms with Gasteiger partial charge < -0.3 is 5.32 Å². The van der Waals surface area contributed by atoms with E-state index in [1.54, 1.807) is 0 Å². The van der Waals surface area contributed by atoms with Crippen molar-refractivity contribution < 1.29 is 4.79 Å². The average Bonchev–Trinajstić information content (AvgIpc) is 3.29. The van der Waals surface area contributed by atoms with Gasteiger partial charge in [0.1, 0.15) is 0 Å². The molecule has 1 fully saturated rings. The van der Waals surface area contributed by atoms with Crippen molar-refractivity contribution in [3.8, 4) is 0 Å². The number of nitrogens with zero attached hydrogens (tertiary/aromatic N) is 1. The summed E-state index contributed by atoms with van der Waals surface area (Å²) in [5.74, 6) is 0.0179. The van der Waals surface area contributed by atoms with Gasteiger partial charge in [0.25, 0.3) is 5.91 Å². The van der Waals surface area contributed by atoms with Crippen LogP contribution >= 0.6 is 0 Å². The first-order valence-corrected chi connectivity index (χ1v) is 11.4. The molecule has 1 saturated heterocycles. The van der Waals surface area contributed by atoms with Crippen LogP contribution in [0.1, 0.15) is 79.0 Å². The van der Waals surface area contributed by atoms with E-state index in [4.69, 9.17) is 0 Å². The van der Waals surface area contributed by atoms with Crippen molar-refractivity contribution in [1.82, 2.24) is 10.2 Å². The Morgan fingerprint density at radius 3 is 2.21 bits per heavy atom. The number of aryl methyl sites for hydroxylation is 1. The zero-order valence-corrected chi connectivity index (χ0v) is 18.1. The lowest BCUT2D eigenvalue weighted by molar-refractivity contribution is 0.0954. The number of benzene rings is 2. The van der Waals surface area contributed by atoms with Gasteiger partial charge in [0.05, 0.1) is 0 Å². The number of amides is 1. The number of unbranched alkanes of at least 4 members (excludes halogenated alkanes) is 2. The van der Waals surface area contributed by atoms with E-state index in [2.05, 4.69) is 60.5 Å². The van der Waals surface area contributed by atoms with Crippen LogP contribution in [-0.2, 0) is 12.8 Å². The third-order valence-corrected chi connectivity index (χ3v) is 6.13. The van der Waals surface area contributed by atoms with Crippen molar-refractivity contribution in [2.75, 3.05) is 19.6 Å². The number of hydrogen-bond donors (Lipinski definition) is 1. The van der Waals surface area contributed by atoms with E-state index in [9.17, 15) is 4.79 Å². The molecule has 0 spiro atoms. The van der Waals surface area contributed by atoms with E-state index in [0.29, 0.717) is 12.6 Å². The molecule has 0 bridgehead atoms. The number of hydrogen-bond acceptors (Lipinski definition) is 2. The lowest BCUT2D eigenvalue weighted by Crippen LogP contribution is -2.25. The highest BCUT2D eigenvalue weighted by Crippen LogP contribution is 2.24. The normalized spacial score (nSPS) is 15.4. The molecule has 1 unspecified atom stereocenters. The Balaban J connectivity index is 1.42. The molecule has 3 heteroatoms. The summed E-state index contributed by atoms with van der Waals surface area (Å²) in [5, 5.41) is 3.05. The predicted octanol–water partition coefficient (Wildman–Crippen LogP) is 5.55. The van der Waals surface area contributed by atoms with E-state index in [1.807, 2.05) is 12.1 Å². The zero-order valence-electron chi connectivity index (χ0n) is 18.1. The van der Waals surface area contributed by atoms with Gasteiger partial charge in [-0.05, 0) is 80.9 Å². The van der Waals surface area contributed by atoms with Crippen molar-refractivity contribution >= 4 is 5.91 Å². The lowest BCUT2D eigenvalue weighted by Gasteiger charge is -2.24. The predicted molar refractivity (Wildman–Crippen MR) is 121 cm³/mol. The molecule has 1 amide bonds. The first-order chi connectivity index (χ1) is 14.2. The highest BCUT2D eigenvalue weighted by Gasteiger charge is 2.19. The quantitative estimate of drug-likeness (QED) is 0.538. The minimum atomic E-state index is 0.0179. The van der Waals surface area contributed by atoms with Gasteiger partial charge in [0, 0.05) is 18.2 Å². The molecule has 3 nitrogen and oxygen atoms in total. The standard InChI is InChI=1S/C26H36N2O/c1-3-4-5-8-22-11-15-25(16-12-22)26(29)27-18-17-23-9-13-24(14-10-23)21(2)28-19-6-7-20-28/h9-16,21H,3-8,17-20H2,1-2H3,(H,27,29). The molecule has 1 atom stereocenters. The van der Waals surface area contributed by atoms with Gasteiger partial charge in [-0.25, -0.2) is 0 Å². The Labute approximate surface area is 176 Å². The molecular formula is C26H36N2O. The molecule has 1 aliphatic heterocycles. The summed E-state index contributed by atoms with van der Waals surface area (Å²) in [4.78, 5) is 14.9. The molecule has 156 valence electrons. The van der Waals surface area contributed by atoms with Crippen molar-refractivity contribution in [3.63, 3.8) is 0 Å². The summed E-state index contributed by atoms with van der Waals surface area (Å²) in [6.45, 7) is 7.62. The number of likely N-dealkylation sites (tertiary alicyclic amines) is 1. The highest BCUT2D eigenvalue weighted by atomic mass is 16.1. The van der Waals surface area contributed by atoms with Gasteiger partial charge in [-0.3, -0.25) is 9.69 Å². The molecular weight excluding hydrogens is 356 g/mol. The van der Waals surface area contributed by atoms with E-state index < -0.39 is 0 Å². The van der Waals surface area contributed by atoms with Crippen LogP contribution in [-0.4, -0.2) is 30.4 Å². The van der Waals surface area contributed by atoms with Crippen LogP contribution in [0.5, 0.6) is 0 Å². The van der Waals surface area contributed by atoms with Crippen molar-refractivity contribution in [2.45, 2.75) is 64.8 Å². The zero-order chi connectivity index (χ0) is 20.5. The molecule has 1 heterocycles. The Kier molecular flexibility index (Phi) is 8.30. The third kappa shape index (κ3) is 6.43. The van der Waals surface area contributed by atoms with Gasteiger partial charge in [-0.15, -0.1) is 0 Å². The minimum absolute atomic E-state index is 0.0179. The van der Waals surface area contributed by atoms with Crippen molar-refractivity contribution in [3.05, 3.63) is 70.8 Å². The summed E-state index contributed by atoms with van der Waals surface area (Å²) in [7, 11) is 0. The Morgan fingerprint density at radius 2 is 1.55 bits per heavy atom. The summed E-state index contributed by atoms with van der Waals surface area (Å²) >= 11 is 0. The van der Waals surface area contributed by atoms with E-state index in [-0.39, 0.29) is 5.91 Å². The first kappa shape index (κ1) is 21.6. The van der Waals surface area contributed by atoms with Crippen LogP contribution in [0.3, 0.4) is 0 Å². The van der Waals surface area contributed by atoms with Crippen LogP contribution in [0.15, 0.2) is 48.5 Å². The fraction of sp³-hybridized carbons (Fsp3) is 0.500. The second kappa shape index (κ2) is 11.2. The maximum atomic E-state index is 12.4. The maximum Gasteiger partial charge on any atom is 0.251 e. The average molecular weight is 393 g/mol. The molecule has 1 aliphatic rings. The fourth-order valence-corrected chi connectivity index (χ4v) is 4.13. The van der Waals surface area contributed by atoms with Crippen molar-refractivity contribution in [1.29, 1.82) is 0 Å². The third-order valence-electron chi connectivity index (χ3n) is 6.13. The smallest absolute Gasteiger partial charge is 0.251 e.